The fourth-order valence-electron chi connectivity index (χ4n) is 2.05. The summed E-state index contributed by atoms with van der Waals surface area (Å²) >= 11 is 1.79. The molecule has 1 aromatic rings. The molecule has 0 spiro atoms. The summed E-state index contributed by atoms with van der Waals surface area (Å²) in [6.07, 6.45) is 4.73. The van der Waals surface area contributed by atoms with Crippen molar-refractivity contribution < 1.29 is 4.42 Å². The van der Waals surface area contributed by atoms with Crippen molar-refractivity contribution in [1.29, 1.82) is 0 Å². The van der Waals surface area contributed by atoms with E-state index in [1.807, 2.05) is 0 Å². The Morgan fingerprint density at radius 3 is 2.80 bits per heavy atom. The lowest BCUT2D eigenvalue weighted by atomic mass is 9.82. The molecule has 2 nitrogen and oxygen atoms in total. The molecule has 0 saturated heterocycles. The van der Waals surface area contributed by atoms with Gasteiger partial charge in [-0.25, -0.2) is 0 Å². The number of hydrogen-bond donors (Lipinski definition) is 1. The summed E-state index contributed by atoms with van der Waals surface area (Å²) in [5.74, 6) is 4.03. The monoisotopic (exact) mass is 225 g/mol. The lowest BCUT2D eigenvalue weighted by molar-refractivity contribution is 0.235. The summed E-state index contributed by atoms with van der Waals surface area (Å²) in [7, 11) is 0. The highest BCUT2D eigenvalue weighted by Crippen LogP contribution is 2.26. The van der Waals surface area contributed by atoms with Gasteiger partial charge in [0.25, 0.3) is 0 Å². The van der Waals surface area contributed by atoms with Crippen LogP contribution in [0, 0.1) is 5.92 Å². The van der Waals surface area contributed by atoms with Crippen molar-refractivity contribution >= 4 is 11.8 Å². The van der Waals surface area contributed by atoms with Gasteiger partial charge in [-0.1, -0.05) is 6.92 Å². The fraction of sp³-hybridized carbons (Fsp3) is 0.667. The van der Waals surface area contributed by atoms with E-state index in [1.165, 1.54) is 12.8 Å². The molecule has 3 heteroatoms. The van der Waals surface area contributed by atoms with E-state index in [0.29, 0.717) is 6.04 Å². The van der Waals surface area contributed by atoms with E-state index in [2.05, 4.69) is 30.6 Å². The molecule has 1 heterocycles. The molecule has 0 aliphatic heterocycles. The molecule has 1 fully saturated rings. The van der Waals surface area contributed by atoms with Gasteiger partial charge >= 0.3 is 0 Å². The van der Waals surface area contributed by atoms with Crippen LogP contribution in [0.4, 0.5) is 0 Å². The molecule has 0 radical (unpaired) electrons. The quantitative estimate of drug-likeness (QED) is 0.834. The Hall–Kier alpha value is -0.410. The molecule has 0 unspecified atom stereocenters. The van der Waals surface area contributed by atoms with Crippen molar-refractivity contribution in [3.63, 3.8) is 0 Å². The van der Waals surface area contributed by atoms with Crippen molar-refractivity contribution in [2.24, 2.45) is 5.92 Å². The third kappa shape index (κ3) is 3.02. The molecular weight excluding hydrogens is 206 g/mol. The van der Waals surface area contributed by atoms with Crippen molar-refractivity contribution in [2.75, 3.05) is 6.26 Å². The third-order valence-electron chi connectivity index (χ3n) is 2.94. The number of hydrogen-bond acceptors (Lipinski definition) is 3. The molecule has 0 bridgehead atoms. The maximum absolute atomic E-state index is 5.69. The van der Waals surface area contributed by atoms with Crippen molar-refractivity contribution in [2.45, 2.75) is 38.1 Å². The molecular formula is C12H19NOS. The Kier molecular flexibility index (Phi) is 3.76. The van der Waals surface area contributed by atoms with Gasteiger partial charge in [-0.15, -0.1) is 0 Å². The second kappa shape index (κ2) is 5.08. The normalized spacial score (nSPS) is 25.2. The second-order valence-corrected chi connectivity index (χ2v) is 5.32. The molecule has 0 atom stereocenters. The molecule has 0 aromatic carbocycles. The van der Waals surface area contributed by atoms with Gasteiger partial charge in [-0.3, -0.25) is 0 Å². The standard InChI is InChI=1S/C12H19NOS/c1-9-5-10(6-9)13-7-11-3-4-12(14-11)8-15-2/h3-4,9-10,13H,5-8H2,1-2H3. The van der Waals surface area contributed by atoms with Crippen molar-refractivity contribution in [1.82, 2.24) is 5.32 Å². The first-order chi connectivity index (χ1) is 7.28. The van der Waals surface area contributed by atoms with Crippen LogP contribution in [0.25, 0.3) is 0 Å². The second-order valence-electron chi connectivity index (χ2n) is 4.46. The average molecular weight is 225 g/mol. The van der Waals surface area contributed by atoms with E-state index in [1.54, 1.807) is 11.8 Å². The maximum Gasteiger partial charge on any atom is 0.118 e. The SMILES string of the molecule is CSCc1ccc(CNC2CC(C)C2)o1. The largest absolute Gasteiger partial charge is 0.464 e. The van der Waals surface area contributed by atoms with E-state index < -0.39 is 0 Å². The van der Waals surface area contributed by atoms with E-state index in [0.717, 1.165) is 29.7 Å². The van der Waals surface area contributed by atoms with Crippen molar-refractivity contribution in [3.05, 3.63) is 23.7 Å². The zero-order valence-corrected chi connectivity index (χ0v) is 10.3. The van der Waals surface area contributed by atoms with Crippen LogP contribution < -0.4 is 5.32 Å². The van der Waals surface area contributed by atoms with Gasteiger partial charge in [0.1, 0.15) is 11.5 Å². The van der Waals surface area contributed by atoms with Gasteiger partial charge in [0.05, 0.1) is 12.3 Å². The fourth-order valence-corrected chi connectivity index (χ4v) is 2.49. The van der Waals surface area contributed by atoms with Crippen LogP contribution >= 0.6 is 11.8 Å². The highest BCUT2D eigenvalue weighted by Gasteiger charge is 2.24. The molecule has 15 heavy (non-hydrogen) atoms. The smallest absolute Gasteiger partial charge is 0.118 e. The summed E-state index contributed by atoms with van der Waals surface area (Å²) in [6.45, 7) is 3.19. The van der Waals surface area contributed by atoms with Crippen LogP contribution in [0.15, 0.2) is 16.5 Å². The molecule has 1 aromatic heterocycles. The van der Waals surface area contributed by atoms with E-state index >= 15 is 0 Å². The lowest BCUT2D eigenvalue weighted by Gasteiger charge is -2.33. The number of rotatable bonds is 5. The molecule has 1 aliphatic rings. The summed E-state index contributed by atoms with van der Waals surface area (Å²) in [5.41, 5.74) is 0. The molecule has 1 N–H and O–H groups in total. The third-order valence-corrected chi connectivity index (χ3v) is 3.52. The number of furan rings is 1. The first kappa shape index (κ1) is 11.1. The number of thioether (sulfide) groups is 1. The average Bonchev–Trinajstić information content (AvgIpc) is 2.59. The summed E-state index contributed by atoms with van der Waals surface area (Å²) in [4.78, 5) is 0. The Morgan fingerprint density at radius 2 is 2.13 bits per heavy atom. The van der Waals surface area contributed by atoms with Crippen LogP contribution in [-0.2, 0) is 12.3 Å². The zero-order valence-electron chi connectivity index (χ0n) is 9.45. The molecule has 84 valence electrons. The van der Waals surface area contributed by atoms with Gasteiger partial charge in [0.15, 0.2) is 0 Å². The minimum absolute atomic E-state index is 0.717. The highest BCUT2D eigenvalue weighted by molar-refractivity contribution is 7.97. The van der Waals surface area contributed by atoms with Gasteiger partial charge in [0.2, 0.25) is 0 Å². The molecule has 1 aliphatic carbocycles. The summed E-state index contributed by atoms with van der Waals surface area (Å²) < 4.78 is 5.69. The van der Waals surface area contributed by atoms with Crippen LogP contribution in [-0.4, -0.2) is 12.3 Å². The minimum Gasteiger partial charge on any atom is -0.464 e. The molecule has 1 saturated carbocycles. The van der Waals surface area contributed by atoms with Crippen LogP contribution in [0.5, 0.6) is 0 Å². The molecule has 2 rings (SSSR count). The predicted octanol–water partition coefficient (Wildman–Crippen LogP) is 3.03. The van der Waals surface area contributed by atoms with Crippen LogP contribution in [0.2, 0.25) is 0 Å². The van der Waals surface area contributed by atoms with Crippen LogP contribution in [0.3, 0.4) is 0 Å². The first-order valence-corrected chi connectivity index (χ1v) is 6.97. The molecule has 0 amide bonds. The van der Waals surface area contributed by atoms with Crippen LogP contribution in [0.1, 0.15) is 31.3 Å². The van der Waals surface area contributed by atoms with E-state index in [4.69, 9.17) is 4.42 Å². The van der Waals surface area contributed by atoms with Gasteiger partial charge in [-0.2, -0.15) is 11.8 Å². The van der Waals surface area contributed by atoms with E-state index in [9.17, 15) is 0 Å². The Labute approximate surface area is 95.8 Å². The van der Waals surface area contributed by atoms with Crippen molar-refractivity contribution in [3.8, 4) is 0 Å². The van der Waals surface area contributed by atoms with E-state index in [-0.39, 0.29) is 0 Å². The van der Waals surface area contributed by atoms with Gasteiger partial charge < -0.3 is 9.73 Å². The van der Waals surface area contributed by atoms with Gasteiger partial charge in [0, 0.05) is 6.04 Å². The minimum atomic E-state index is 0.717. The lowest BCUT2D eigenvalue weighted by Crippen LogP contribution is -2.39. The Balaban J connectivity index is 1.73. The number of nitrogens with one attached hydrogen (secondary N) is 1. The maximum atomic E-state index is 5.69. The van der Waals surface area contributed by atoms with Gasteiger partial charge in [-0.05, 0) is 37.1 Å². The highest BCUT2D eigenvalue weighted by atomic mass is 32.2. The summed E-state index contributed by atoms with van der Waals surface area (Å²) in [6, 6.07) is 4.88. The summed E-state index contributed by atoms with van der Waals surface area (Å²) in [5, 5.41) is 3.52. The Morgan fingerprint density at radius 1 is 1.40 bits per heavy atom. The zero-order chi connectivity index (χ0) is 10.7. The first-order valence-electron chi connectivity index (χ1n) is 5.58. The predicted molar refractivity (Wildman–Crippen MR) is 65.0 cm³/mol. The Bertz CT molecular complexity index is 304. The topological polar surface area (TPSA) is 25.2 Å².